The Hall–Kier alpha value is -3.55. The molecule has 208 valence electrons. The van der Waals surface area contributed by atoms with E-state index in [0.717, 1.165) is 44.1 Å². The van der Waals surface area contributed by atoms with Crippen LogP contribution in [-0.2, 0) is 20.7 Å². The van der Waals surface area contributed by atoms with Gasteiger partial charge in [-0.3, -0.25) is 14.4 Å². The normalized spacial score (nSPS) is 10.5. The van der Waals surface area contributed by atoms with Crippen LogP contribution in [0.15, 0.2) is 36.4 Å². The lowest BCUT2D eigenvalue weighted by Gasteiger charge is -2.15. The van der Waals surface area contributed by atoms with E-state index in [0.29, 0.717) is 30.9 Å². The van der Waals surface area contributed by atoms with Crippen molar-refractivity contribution >= 4 is 17.7 Å². The fourth-order valence-corrected chi connectivity index (χ4v) is 3.86. The first-order valence-corrected chi connectivity index (χ1v) is 13.2. The maximum Gasteiger partial charge on any atom is 0.311 e. The van der Waals surface area contributed by atoms with Crippen molar-refractivity contribution in [3.63, 3.8) is 0 Å². The lowest BCUT2D eigenvalue weighted by Crippen LogP contribution is -2.14. The van der Waals surface area contributed by atoms with Crippen LogP contribution in [0.25, 0.3) is 0 Å². The molecule has 0 spiro atoms. The summed E-state index contributed by atoms with van der Waals surface area (Å²) in [5.74, 6) is 0.684. The van der Waals surface area contributed by atoms with E-state index in [1.54, 1.807) is 25.3 Å². The van der Waals surface area contributed by atoms with Crippen molar-refractivity contribution in [2.24, 2.45) is 0 Å². The molecule has 2 rings (SSSR count). The number of ketones is 1. The molecule has 0 atom stereocenters. The van der Waals surface area contributed by atoms with Crippen LogP contribution < -0.4 is 18.9 Å². The fraction of sp³-hybridized carbons (Fsp3) is 0.500. The zero-order valence-electron chi connectivity index (χ0n) is 23.0. The fourth-order valence-electron chi connectivity index (χ4n) is 3.86. The number of unbranched alkanes of at least 4 members (excludes halogenated alkanes) is 5. The molecule has 0 bridgehead atoms. The number of methoxy groups -OCH3 is 3. The zero-order chi connectivity index (χ0) is 27.8. The van der Waals surface area contributed by atoms with Gasteiger partial charge in [0, 0.05) is 31.4 Å². The maximum absolute atomic E-state index is 13.3. The first-order valence-electron chi connectivity index (χ1n) is 13.2. The molecular weight excluding hydrogens is 488 g/mol. The second kappa shape index (κ2) is 17.1. The van der Waals surface area contributed by atoms with Crippen molar-refractivity contribution < 1.29 is 38.1 Å². The summed E-state index contributed by atoms with van der Waals surface area (Å²) in [5.41, 5.74) is 0.989. The molecule has 2 aromatic carbocycles. The largest absolute Gasteiger partial charge is 0.497 e. The van der Waals surface area contributed by atoms with Gasteiger partial charge in [0.2, 0.25) is 0 Å². The molecule has 0 aliphatic heterocycles. The third kappa shape index (κ3) is 10.4. The van der Waals surface area contributed by atoms with Crippen molar-refractivity contribution in [3.05, 3.63) is 47.5 Å². The van der Waals surface area contributed by atoms with Crippen LogP contribution in [0.2, 0.25) is 0 Å². The van der Waals surface area contributed by atoms with Crippen LogP contribution in [0.3, 0.4) is 0 Å². The molecule has 0 saturated heterocycles. The number of Topliss-reactive ketones (excluding diaryl/α,β-unsaturated/α-hetero) is 1. The molecule has 0 amide bonds. The number of hydrogen-bond acceptors (Lipinski definition) is 8. The van der Waals surface area contributed by atoms with Crippen molar-refractivity contribution in [1.29, 1.82) is 0 Å². The average Bonchev–Trinajstić information content (AvgIpc) is 2.92. The second-order valence-corrected chi connectivity index (χ2v) is 8.97. The Labute approximate surface area is 225 Å². The number of benzene rings is 2. The maximum atomic E-state index is 13.3. The van der Waals surface area contributed by atoms with Crippen LogP contribution in [-0.4, -0.2) is 45.7 Å². The van der Waals surface area contributed by atoms with E-state index in [2.05, 4.69) is 6.92 Å². The predicted octanol–water partition coefficient (Wildman–Crippen LogP) is 6.12. The van der Waals surface area contributed by atoms with Gasteiger partial charge in [-0.25, -0.2) is 0 Å². The molecule has 0 aliphatic rings. The van der Waals surface area contributed by atoms with E-state index in [-0.39, 0.29) is 41.7 Å². The van der Waals surface area contributed by atoms with Gasteiger partial charge in [0.05, 0.1) is 27.9 Å². The van der Waals surface area contributed by atoms with Gasteiger partial charge in [-0.2, -0.15) is 0 Å². The first-order chi connectivity index (χ1) is 18.4. The Balaban J connectivity index is 1.91. The molecule has 0 N–H and O–H groups in total. The number of hydrogen-bond donors (Lipinski definition) is 0. The summed E-state index contributed by atoms with van der Waals surface area (Å²) in [6.45, 7) is 2.55. The minimum absolute atomic E-state index is 0.101. The molecule has 0 aromatic heterocycles. The van der Waals surface area contributed by atoms with E-state index in [1.807, 2.05) is 12.1 Å². The molecule has 0 fully saturated rings. The Morgan fingerprint density at radius 1 is 0.684 bits per heavy atom. The summed E-state index contributed by atoms with van der Waals surface area (Å²) >= 11 is 0. The van der Waals surface area contributed by atoms with Gasteiger partial charge in [-0.1, -0.05) is 44.7 Å². The Kier molecular flexibility index (Phi) is 13.8. The predicted molar refractivity (Wildman–Crippen MR) is 144 cm³/mol. The van der Waals surface area contributed by atoms with E-state index in [4.69, 9.17) is 23.7 Å². The Morgan fingerprint density at radius 3 is 1.89 bits per heavy atom. The number of rotatable bonds is 18. The summed E-state index contributed by atoms with van der Waals surface area (Å²) in [4.78, 5) is 37.5. The van der Waals surface area contributed by atoms with Crippen LogP contribution in [0.1, 0.15) is 80.6 Å². The number of ether oxygens (including phenoxy) is 5. The summed E-state index contributed by atoms with van der Waals surface area (Å²) in [5, 5.41) is 0. The van der Waals surface area contributed by atoms with E-state index in [1.165, 1.54) is 20.3 Å². The molecule has 0 aliphatic carbocycles. The van der Waals surface area contributed by atoms with Gasteiger partial charge in [0.25, 0.3) is 0 Å². The highest BCUT2D eigenvalue weighted by Gasteiger charge is 2.23. The van der Waals surface area contributed by atoms with E-state index >= 15 is 0 Å². The van der Waals surface area contributed by atoms with Gasteiger partial charge in [-0.15, -0.1) is 0 Å². The van der Waals surface area contributed by atoms with E-state index < -0.39 is 5.97 Å². The molecule has 0 unspecified atom stereocenters. The summed E-state index contributed by atoms with van der Waals surface area (Å²) < 4.78 is 26.7. The molecule has 0 radical (unpaired) electrons. The molecule has 0 saturated carbocycles. The highest BCUT2D eigenvalue weighted by atomic mass is 16.5. The molecule has 8 nitrogen and oxygen atoms in total. The van der Waals surface area contributed by atoms with E-state index in [9.17, 15) is 14.4 Å². The van der Waals surface area contributed by atoms with Gasteiger partial charge in [0.1, 0.15) is 28.6 Å². The quantitative estimate of drug-likeness (QED) is 0.0988. The van der Waals surface area contributed by atoms with Gasteiger partial charge < -0.3 is 23.7 Å². The number of carbonyl (C=O) groups is 3. The number of esters is 2. The summed E-state index contributed by atoms with van der Waals surface area (Å²) in [6, 6.07) is 10.3. The smallest absolute Gasteiger partial charge is 0.311 e. The van der Waals surface area contributed by atoms with Crippen LogP contribution in [0.4, 0.5) is 0 Å². The second-order valence-electron chi connectivity index (χ2n) is 8.97. The summed E-state index contributed by atoms with van der Waals surface area (Å²) in [6.07, 6.45) is 6.71. The Morgan fingerprint density at radius 2 is 1.29 bits per heavy atom. The third-order valence-electron chi connectivity index (χ3n) is 6.04. The van der Waals surface area contributed by atoms with Crippen LogP contribution in [0.5, 0.6) is 23.0 Å². The van der Waals surface area contributed by atoms with Gasteiger partial charge in [0.15, 0.2) is 5.78 Å². The lowest BCUT2D eigenvalue weighted by molar-refractivity contribution is -0.143. The average molecular weight is 529 g/mol. The molecular formula is C30H40O8. The van der Waals surface area contributed by atoms with Crippen LogP contribution in [0, 0.1) is 0 Å². The molecule has 2 aromatic rings. The molecule has 38 heavy (non-hydrogen) atoms. The first kappa shape index (κ1) is 30.7. The van der Waals surface area contributed by atoms with Crippen LogP contribution >= 0.6 is 0 Å². The lowest BCUT2D eigenvalue weighted by atomic mass is 10.0. The Bertz CT molecular complexity index is 1030. The summed E-state index contributed by atoms with van der Waals surface area (Å²) in [7, 11) is 4.52. The standard InChI is InChI=1S/C30H40O8/c1-5-6-18-37-28(32)12-10-8-7-9-11-13-29(33)38-27-21-24(35-3)20-26(36-4)30(27)25(31)19-22-14-16-23(34-2)17-15-22/h14-17,20-21H,5-13,18-19H2,1-4H3. The van der Waals surface area contributed by atoms with Gasteiger partial charge >= 0.3 is 11.9 Å². The van der Waals surface area contributed by atoms with Crippen molar-refractivity contribution in [2.45, 2.75) is 71.1 Å². The van der Waals surface area contributed by atoms with Crippen molar-refractivity contribution in [3.8, 4) is 23.0 Å². The minimum atomic E-state index is -0.432. The number of carbonyl (C=O) groups excluding carboxylic acids is 3. The minimum Gasteiger partial charge on any atom is -0.497 e. The van der Waals surface area contributed by atoms with Gasteiger partial charge in [-0.05, 0) is 37.0 Å². The topological polar surface area (TPSA) is 97.4 Å². The van der Waals surface area contributed by atoms with Crippen molar-refractivity contribution in [1.82, 2.24) is 0 Å². The SMILES string of the molecule is CCCCOC(=O)CCCCCCCC(=O)Oc1cc(OC)cc(OC)c1C(=O)Cc1ccc(OC)cc1. The molecule has 0 heterocycles. The monoisotopic (exact) mass is 528 g/mol. The van der Waals surface area contributed by atoms with Crippen molar-refractivity contribution in [2.75, 3.05) is 27.9 Å². The third-order valence-corrected chi connectivity index (χ3v) is 6.04. The molecule has 8 heteroatoms. The zero-order valence-corrected chi connectivity index (χ0v) is 23.0. The highest BCUT2D eigenvalue weighted by molar-refractivity contribution is 6.03. The highest BCUT2D eigenvalue weighted by Crippen LogP contribution is 2.35.